The molecular weight excluding hydrogens is 420 g/mol. The fourth-order valence-electron chi connectivity index (χ4n) is 4.59. The van der Waals surface area contributed by atoms with Crippen molar-refractivity contribution in [2.75, 3.05) is 43.0 Å². The molecule has 31 heavy (non-hydrogen) atoms. The lowest BCUT2D eigenvalue weighted by atomic mass is 9.71. The third-order valence-electron chi connectivity index (χ3n) is 6.44. The van der Waals surface area contributed by atoms with Gasteiger partial charge in [0.25, 0.3) is 0 Å². The quantitative estimate of drug-likeness (QED) is 0.689. The molecule has 2 fully saturated rings. The number of hydrogen-bond donors (Lipinski definition) is 2. The minimum atomic E-state index is -0.134. The van der Waals surface area contributed by atoms with Crippen molar-refractivity contribution < 1.29 is 9.90 Å². The van der Waals surface area contributed by atoms with Crippen molar-refractivity contribution in [2.45, 2.75) is 26.8 Å². The summed E-state index contributed by atoms with van der Waals surface area (Å²) >= 11 is 6.45. The van der Waals surface area contributed by atoms with Gasteiger partial charge in [-0.25, -0.2) is 4.98 Å². The van der Waals surface area contributed by atoms with Crippen LogP contribution < -0.4 is 10.2 Å². The molecular formula is C20H25ClN8O2. The molecule has 2 aliphatic heterocycles. The second-order valence-corrected chi connectivity index (χ2v) is 9.18. The standard InChI is InChI=1S/C20H25ClN8O2/c1-19-10-27(16(31)3-4-22)11-20(19,2)13-28(12-19)17-15(21)8-23-18(26-17)25-14-7-24-29(9-14)5-6-30/h7-9,30H,3,5-6,10-13H2,1-2H3,(H,23,25,26)/t19-,20+. The maximum absolute atomic E-state index is 12.2. The Balaban J connectivity index is 1.51. The van der Waals surface area contributed by atoms with Crippen LogP contribution in [0.3, 0.4) is 0 Å². The van der Waals surface area contributed by atoms with Crippen LogP contribution in [-0.4, -0.2) is 68.4 Å². The predicted molar refractivity (Wildman–Crippen MR) is 115 cm³/mol. The fraction of sp³-hybridized carbons (Fsp3) is 0.550. The molecule has 2 aromatic heterocycles. The second-order valence-electron chi connectivity index (χ2n) is 8.77. The van der Waals surface area contributed by atoms with E-state index in [0.29, 0.717) is 55.2 Å². The highest BCUT2D eigenvalue weighted by atomic mass is 35.5. The van der Waals surface area contributed by atoms with E-state index >= 15 is 0 Å². The van der Waals surface area contributed by atoms with Crippen LogP contribution in [0.2, 0.25) is 5.02 Å². The average molecular weight is 445 g/mol. The lowest BCUT2D eigenvalue weighted by Crippen LogP contribution is -2.35. The number of carbonyl (C=O) groups excluding carboxylic acids is 1. The van der Waals surface area contributed by atoms with E-state index in [4.69, 9.17) is 22.0 Å². The van der Waals surface area contributed by atoms with Crippen molar-refractivity contribution in [1.29, 1.82) is 5.26 Å². The van der Waals surface area contributed by atoms with E-state index in [0.717, 1.165) is 0 Å². The van der Waals surface area contributed by atoms with Crippen molar-refractivity contribution in [3.8, 4) is 6.07 Å². The summed E-state index contributed by atoms with van der Waals surface area (Å²) < 4.78 is 1.63. The van der Waals surface area contributed by atoms with E-state index in [9.17, 15) is 4.79 Å². The van der Waals surface area contributed by atoms with Crippen molar-refractivity contribution in [1.82, 2.24) is 24.6 Å². The highest BCUT2D eigenvalue weighted by molar-refractivity contribution is 6.32. The molecule has 164 valence electrons. The molecule has 4 heterocycles. The summed E-state index contributed by atoms with van der Waals surface area (Å²) in [6, 6.07) is 1.95. The normalized spacial score (nSPS) is 24.9. The number of fused-ring (bicyclic) bond motifs is 1. The summed E-state index contributed by atoms with van der Waals surface area (Å²) in [4.78, 5) is 25.1. The number of likely N-dealkylation sites (tertiary alicyclic amines) is 1. The number of carbonyl (C=O) groups is 1. The van der Waals surface area contributed by atoms with Crippen molar-refractivity contribution in [2.24, 2.45) is 10.8 Å². The molecule has 10 nitrogen and oxygen atoms in total. The Kier molecular flexibility index (Phi) is 5.49. The molecule has 2 aromatic rings. The number of halogens is 1. The van der Waals surface area contributed by atoms with Gasteiger partial charge in [0.1, 0.15) is 11.4 Å². The second kappa shape index (κ2) is 7.98. The van der Waals surface area contributed by atoms with Crippen LogP contribution >= 0.6 is 11.6 Å². The van der Waals surface area contributed by atoms with E-state index in [2.05, 4.69) is 39.1 Å². The molecule has 2 aliphatic rings. The van der Waals surface area contributed by atoms with Gasteiger partial charge >= 0.3 is 0 Å². The largest absolute Gasteiger partial charge is 0.394 e. The van der Waals surface area contributed by atoms with Crippen molar-refractivity contribution >= 4 is 35.0 Å². The number of nitriles is 1. The molecule has 0 radical (unpaired) electrons. The number of aliphatic hydroxyl groups excluding tert-OH is 1. The number of aliphatic hydroxyl groups is 1. The molecule has 0 saturated carbocycles. The molecule has 2 atom stereocenters. The molecule has 0 aromatic carbocycles. The molecule has 0 spiro atoms. The van der Waals surface area contributed by atoms with E-state index in [1.165, 1.54) is 0 Å². The van der Waals surface area contributed by atoms with Gasteiger partial charge in [-0.3, -0.25) is 9.48 Å². The number of nitrogens with zero attached hydrogens (tertiary/aromatic N) is 7. The van der Waals surface area contributed by atoms with Crippen LogP contribution in [0.4, 0.5) is 17.5 Å². The summed E-state index contributed by atoms with van der Waals surface area (Å²) in [5.41, 5.74) is 0.446. The third-order valence-corrected chi connectivity index (χ3v) is 6.71. The Hall–Kier alpha value is -2.90. The molecule has 4 rings (SSSR count). The van der Waals surface area contributed by atoms with Gasteiger partial charge in [-0.05, 0) is 0 Å². The number of amides is 1. The van der Waals surface area contributed by atoms with Gasteiger partial charge in [0.05, 0.1) is 37.3 Å². The van der Waals surface area contributed by atoms with E-state index in [-0.39, 0.29) is 29.8 Å². The topological polar surface area (TPSA) is 123 Å². The smallest absolute Gasteiger partial charge is 0.236 e. The molecule has 11 heteroatoms. The van der Waals surface area contributed by atoms with Crippen molar-refractivity contribution in [3.05, 3.63) is 23.6 Å². The number of hydrogen-bond acceptors (Lipinski definition) is 8. The monoisotopic (exact) mass is 444 g/mol. The van der Waals surface area contributed by atoms with E-state index in [1.54, 1.807) is 28.2 Å². The van der Waals surface area contributed by atoms with Gasteiger partial charge in [-0.15, -0.1) is 0 Å². The first-order valence-corrected chi connectivity index (χ1v) is 10.5. The van der Waals surface area contributed by atoms with Crippen LogP contribution in [-0.2, 0) is 11.3 Å². The maximum atomic E-state index is 12.2. The Labute approximate surface area is 185 Å². The van der Waals surface area contributed by atoms with Gasteiger partial charge < -0.3 is 20.2 Å². The lowest BCUT2D eigenvalue weighted by molar-refractivity contribution is -0.129. The minimum Gasteiger partial charge on any atom is -0.394 e. The Morgan fingerprint density at radius 3 is 2.65 bits per heavy atom. The van der Waals surface area contributed by atoms with Crippen LogP contribution in [0, 0.1) is 22.2 Å². The summed E-state index contributed by atoms with van der Waals surface area (Å²) in [6.45, 7) is 7.39. The molecule has 0 bridgehead atoms. The van der Waals surface area contributed by atoms with Crippen LogP contribution in [0.15, 0.2) is 18.6 Å². The summed E-state index contributed by atoms with van der Waals surface area (Å²) in [5, 5.41) is 25.6. The predicted octanol–water partition coefficient (Wildman–Crippen LogP) is 1.65. The molecule has 2 N–H and O–H groups in total. The van der Waals surface area contributed by atoms with Gasteiger partial charge in [0.15, 0.2) is 5.82 Å². The van der Waals surface area contributed by atoms with Gasteiger partial charge in [0, 0.05) is 43.2 Å². The number of nitrogens with one attached hydrogen (secondary N) is 1. The zero-order valence-corrected chi connectivity index (χ0v) is 18.3. The number of anilines is 3. The van der Waals surface area contributed by atoms with E-state index < -0.39 is 0 Å². The third kappa shape index (κ3) is 3.91. The highest BCUT2D eigenvalue weighted by Gasteiger charge is 2.58. The van der Waals surface area contributed by atoms with Crippen LogP contribution in [0.1, 0.15) is 20.3 Å². The maximum Gasteiger partial charge on any atom is 0.236 e. The lowest BCUT2D eigenvalue weighted by Gasteiger charge is -2.29. The van der Waals surface area contributed by atoms with Gasteiger partial charge in [-0.2, -0.15) is 15.3 Å². The summed E-state index contributed by atoms with van der Waals surface area (Å²) in [7, 11) is 0. The van der Waals surface area contributed by atoms with Crippen molar-refractivity contribution in [3.63, 3.8) is 0 Å². The van der Waals surface area contributed by atoms with Crippen LogP contribution in [0.5, 0.6) is 0 Å². The highest BCUT2D eigenvalue weighted by Crippen LogP contribution is 2.52. The van der Waals surface area contributed by atoms with E-state index in [1.807, 2.05) is 6.07 Å². The van der Waals surface area contributed by atoms with Crippen LogP contribution in [0.25, 0.3) is 0 Å². The zero-order valence-electron chi connectivity index (χ0n) is 17.5. The number of aromatic nitrogens is 4. The fourth-order valence-corrected chi connectivity index (χ4v) is 4.80. The van der Waals surface area contributed by atoms with Gasteiger partial charge in [-0.1, -0.05) is 25.4 Å². The SMILES string of the molecule is C[C@@]12CN(C(=O)CC#N)C[C@]1(C)CN(c1nc(Nc3cnn(CCO)c3)ncc1Cl)C2. The average Bonchev–Trinajstić information content (AvgIpc) is 3.32. The first kappa shape index (κ1) is 21.3. The number of rotatable bonds is 6. The zero-order chi connectivity index (χ0) is 22.2. The first-order chi connectivity index (χ1) is 14.8. The Bertz CT molecular complexity index is 1020. The molecule has 0 aliphatic carbocycles. The summed E-state index contributed by atoms with van der Waals surface area (Å²) in [6.07, 6.45) is 4.90. The Morgan fingerprint density at radius 1 is 1.29 bits per heavy atom. The first-order valence-electron chi connectivity index (χ1n) is 10.1. The van der Waals surface area contributed by atoms with Gasteiger partial charge in [0.2, 0.25) is 11.9 Å². The Morgan fingerprint density at radius 2 is 2.00 bits per heavy atom. The molecule has 0 unspecified atom stereocenters. The molecule has 2 saturated heterocycles. The molecule has 1 amide bonds. The summed E-state index contributed by atoms with van der Waals surface area (Å²) in [5.74, 6) is 0.939. The minimum absolute atomic E-state index is 0.00868.